The van der Waals surface area contributed by atoms with Gasteiger partial charge in [0.25, 0.3) is 0 Å². The zero-order valence-electron chi connectivity index (χ0n) is 19.0. The third-order valence-corrected chi connectivity index (χ3v) is 7.07. The molecule has 5 rings (SSSR count). The van der Waals surface area contributed by atoms with Crippen molar-refractivity contribution in [1.82, 2.24) is 9.97 Å². The van der Waals surface area contributed by atoms with Crippen LogP contribution in [0, 0.1) is 0 Å². The molecule has 5 aromatic rings. The summed E-state index contributed by atoms with van der Waals surface area (Å²) in [4.78, 5) is 23.0. The van der Waals surface area contributed by atoms with E-state index in [9.17, 15) is 4.79 Å². The summed E-state index contributed by atoms with van der Waals surface area (Å²) >= 11 is 7.94. The molecule has 1 amide bonds. The second kappa shape index (κ2) is 10.8. The predicted molar refractivity (Wildman–Crippen MR) is 145 cm³/mol. The Morgan fingerprint density at radius 2 is 1.74 bits per heavy atom. The van der Waals surface area contributed by atoms with Crippen LogP contribution >= 0.6 is 23.4 Å². The van der Waals surface area contributed by atoms with Crippen LogP contribution in [0.3, 0.4) is 0 Å². The van der Waals surface area contributed by atoms with E-state index in [-0.39, 0.29) is 5.91 Å². The molecule has 0 atom stereocenters. The smallest absolute Gasteiger partial charge is 0.224 e. The number of nitrogens with one attached hydrogen (secondary N) is 2. The minimum Gasteiger partial charge on any atom is -0.353 e. The van der Waals surface area contributed by atoms with Gasteiger partial charge >= 0.3 is 0 Å². The molecule has 6 heteroatoms. The Hall–Kier alpha value is -3.54. The van der Waals surface area contributed by atoms with Crippen molar-refractivity contribution in [1.29, 1.82) is 0 Å². The van der Waals surface area contributed by atoms with Crippen molar-refractivity contribution in [3.63, 3.8) is 0 Å². The van der Waals surface area contributed by atoms with Gasteiger partial charge in [-0.3, -0.25) is 9.78 Å². The fourth-order valence-corrected chi connectivity index (χ4v) is 5.22. The van der Waals surface area contributed by atoms with Crippen LogP contribution in [0.5, 0.6) is 0 Å². The Kier molecular flexibility index (Phi) is 7.17. The minimum atomic E-state index is 0.00312. The van der Waals surface area contributed by atoms with Crippen LogP contribution in [0.1, 0.15) is 18.4 Å². The summed E-state index contributed by atoms with van der Waals surface area (Å²) < 4.78 is 0. The molecule has 2 N–H and O–H groups in total. The molecule has 35 heavy (non-hydrogen) atoms. The molecule has 3 aromatic carbocycles. The van der Waals surface area contributed by atoms with Crippen molar-refractivity contribution >= 4 is 45.9 Å². The number of carbonyl (C=O) groups is 1. The average molecular weight is 498 g/mol. The number of H-pyrrole nitrogens is 1. The number of fused-ring (bicyclic) bond motifs is 1. The van der Waals surface area contributed by atoms with E-state index in [0.29, 0.717) is 17.9 Å². The van der Waals surface area contributed by atoms with Gasteiger partial charge < -0.3 is 10.3 Å². The molecule has 0 saturated carbocycles. The summed E-state index contributed by atoms with van der Waals surface area (Å²) in [5.41, 5.74) is 4.84. The highest BCUT2D eigenvalue weighted by Gasteiger charge is 2.15. The van der Waals surface area contributed by atoms with E-state index in [2.05, 4.69) is 27.4 Å². The fraction of sp³-hybridized carbons (Fsp3) is 0.103. The van der Waals surface area contributed by atoms with Gasteiger partial charge in [-0.05, 0) is 73.0 Å². The second-order valence-corrected chi connectivity index (χ2v) is 9.75. The van der Waals surface area contributed by atoms with Gasteiger partial charge in [0.15, 0.2) is 0 Å². The van der Waals surface area contributed by atoms with Gasteiger partial charge in [-0.15, -0.1) is 0 Å². The van der Waals surface area contributed by atoms with Gasteiger partial charge in [0.05, 0.1) is 17.1 Å². The van der Waals surface area contributed by atoms with Gasteiger partial charge in [-0.25, -0.2) is 0 Å². The quantitative estimate of drug-likeness (QED) is 0.228. The predicted octanol–water partition coefficient (Wildman–Crippen LogP) is 8.00. The van der Waals surface area contributed by atoms with E-state index < -0.39 is 0 Å². The van der Waals surface area contributed by atoms with Crippen LogP contribution in [-0.2, 0) is 11.2 Å². The van der Waals surface area contributed by atoms with Gasteiger partial charge in [0.2, 0.25) is 5.91 Å². The van der Waals surface area contributed by atoms with Gasteiger partial charge in [-0.2, -0.15) is 0 Å². The number of pyridine rings is 1. The molecule has 2 aromatic heterocycles. The summed E-state index contributed by atoms with van der Waals surface area (Å²) in [7, 11) is 0. The topological polar surface area (TPSA) is 57.8 Å². The lowest BCUT2D eigenvalue weighted by atomic mass is 10.0. The summed E-state index contributed by atoms with van der Waals surface area (Å²) in [6, 6.07) is 29.8. The molecule has 0 aliphatic heterocycles. The monoisotopic (exact) mass is 497 g/mol. The van der Waals surface area contributed by atoms with E-state index in [1.165, 1.54) is 0 Å². The van der Waals surface area contributed by atoms with E-state index in [1.54, 1.807) is 18.0 Å². The number of rotatable bonds is 8. The summed E-state index contributed by atoms with van der Waals surface area (Å²) in [6.07, 6.45) is 3.65. The zero-order valence-corrected chi connectivity index (χ0v) is 20.6. The number of benzene rings is 3. The van der Waals surface area contributed by atoms with E-state index >= 15 is 0 Å². The Morgan fingerprint density at radius 1 is 0.943 bits per heavy atom. The maximum Gasteiger partial charge on any atom is 0.224 e. The average Bonchev–Trinajstić information content (AvgIpc) is 3.24. The lowest BCUT2D eigenvalue weighted by Gasteiger charge is -2.11. The van der Waals surface area contributed by atoms with Crippen LogP contribution < -0.4 is 5.32 Å². The highest BCUT2D eigenvalue weighted by Crippen LogP contribution is 2.34. The second-order valence-electron chi connectivity index (χ2n) is 8.20. The largest absolute Gasteiger partial charge is 0.353 e. The number of aryl methyl sites for hydroxylation is 1. The molecule has 0 spiro atoms. The Labute approximate surface area is 213 Å². The van der Waals surface area contributed by atoms with Crippen LogP contribution in [0.15, 0.2) is 107 Å². The maximum absolute atomic E-state index is 12.9. The first kappa shape index (κ1) is 23.2. The molecular formula is C29H24ClN3OS. The molecule has 0 unspecified atom stereocenters. The molecule has 0 bridgehead atoms. The lowest BCUT2D eigenvalue weighted by molar-refractivity contribution is -0.116. The van der Waals surface area contributed by atoms with Crippen molar-refractivity contribution in [2.75, 3.05) is 5.32 Å². The number of hydrogen-bond donors (Lipinski definition) is 2. The first-order chi connectivity index (χ1) is 17.2. The molecule has 0 saturated heterocycles. The molecule has 0 aliphatic carbocycles. The third-order valence-electron chi connectivity index (χ3n) is 5.75. The van der Waals surface area contributed by atoms with Crippen LogP contribution in [0.2, 0.25) is 5.02 Å². The van der Waals surface area contributed by atoms with E-state index in [4.69, 9.17) is 11.6 Å². The number of halogens is 1. The Balaban J connectivity index is 1.29. The molecule has 2 heterocycles. The van der Waals surface area contributed by atoms with Crippen molar-refractivity contribution in [3.05, 3.63) is 108 Å². The first-order valence-corrected chi connectivity index (χ1v) is 12.7. The van der Waals surface area contributed by atoms with Gasteiger partial charge in [-0.1, -0.05) is 59.8 Å². The summed E-state index contributed by atoms with van der Waals surface area (Å²) in [6.45, 7) is 0. The highest BCUT2D eigenvalue weighted by molar-refractivity contribution is 7.99. The molecule has 4 nitrogen and oxygen atoms in total. The molecule has 0 radical (unpaired) electrons. The first-order valence-electron chi connectivity index (χ1n) is 11.5. The number of aromatic amines is 1. The van der Waals surface area contributed by atoms with Crippen molar-refractivity contribution in [3.8, 4) is 11.4 Å². The van der Waals surface area contributed by atoms with Crippen molar-refractivity contribution < 1.29 is 4.79 Å². The number of carbonyl (C=O) groups excluding carboxylic acids is 1. The van der Waals surface area contributed by atoms with Crippen LogP contribution in [0.25, 0.3) is 22.3 Å². The van der Waals surface area contributed by atoms with Gasteiger partial charge in [0.1, 0.15) is 0 Å². The molecule has 174 valence electrons. The number of amides is 1. The van der Waals surface area contributed by atoms with E-state index in [0.717, 1.165) is 49.8 Å². The summed E-state index contributed by atoms with van der Waals surface area (Å²) in [5, 5.41) is 4.87. The Bertz CT molecular complexity index is 1450. The zero-order chi connectivity index (χ0) is 24.0. The normalized spacial score (nSPS) is 11.0. The SMILES string of the molecule is O=C(CCCc1c(-c2ccccn2)[nH]c2ccc(Cl)cc12)Nc1ccccc1Sc1ccccc1. The molecule has 0 aliphatic rings. The number of hydrogen-bond acceptors (Lipinski definition) is 3. The maximum atomic E-state index is 12.9. The van der Waals surface area contributed by atoms with Crippen LogP contribution in [0.4, 0.5) is 5.69 Å². The van der Waals surface area contributed by atoms with Crippen molar-refractivity contribution in [2.45, 2.75) is 29.1 Å². The Morgan fingerprint density at radius 3 is 2.57 bits per heavy atom. The number of nitrogens with zero attached hydrogens (tertiary/aromatic N) is 1. The van der Waals surface area contributed by atoms with Crippen molar-refractivity contribution in [2.24, 2.45) is 0 Å². The number of para-hydroxylation sites is 1. The standard InChI is InChI=1S/C29H24ClN3OS/c30-20-16-17-24-23(19-20)22(29(33-24)26-13-6-7-18-31-26)11-8-15-28(34)32-25-12-4-5-14-27(25)35-21-9-2-1-3-10-21/h1-7,9-10,12-14,16-19,33H,8,11,15H2,(H,32,34). The minimum absolute atomic E-state index is 0.00312. The van der Waals surface area contributed by atoms with Gasteiger partial charge in [0, 0.05) is 38.3 Å². The number of aromatic nitrogens is 2. The molecular weight excluding hydrogens is 474 g/mol. The van der Waals surface area contributed by atoms with Crippen LogP contribution in [-0.4, -0.2) is 15.9 Å². The fourth-order valence-electron chi connectivity index (χ4n) is 4.12. The summed E-state index contributed by atoms with van der Waals surface area (Å²) in [5.74, 6) is 0.00312. The number of anilines is 1. The lowest BCUT2D eigenvalue weighted by Crippen LogP contribution is -2.12. The van der Waals surface area contributed by atoms with E-state index in [1.807, 2.05) is 78.9 Å². The third kappa shape index (κ3) is 5.59. The molecule has 0 fully saturated rings. The highest BCUT2D eigenvalue weighted by atomic mass is 35.5.